The molecular weight excluding hydrogens is 446 g/mol. The summed E-state index contributed by atoms with van der Waals surface area (Å²) in [7, 11) is 1.80. The van der Waals surface area contributed by atoms with Crippen LogP contribution in [0.25, 0.3) is 0 Å². The topological polar surface area (TPSA) is 89.1 Å². The van der Waals surface area contributed by atoms with Gasteiger partial charge in [0.1, 0.15) is 17.9 Å². The molecule has 0 bridgehead atoms. The van der Waals surface area contributed by atoms with E-state index in [0.717, 1.165) is 68.9 Å². The van der Waals surface area contributed by atoms with Crippen molar-refractivity contribution in [3.63, 3.8) is 0 Å². The first-order chi connectivity index (χ1) is 17.0. The second-order valence-electron chi connectivity index (χ2n) is 10.3. The Labute approximate surface area is 207 Å². The Hall–Kier alpha value is -2.42. The van der Waals surface area contributed by atoms with Crippen LogP contribution in [0.2, 0.25) is 0 Å². The first kappa shape index (κ1) is 24.3. The molecule has 3 aliphatic heterocycles. The molecule has 1 saturated carbocycles. The number of methoxy groups -OCH3 is 1. The van der Waals surface area contributed by atoms with Crippen LogP contribution < -0.4 is 15.4 Å². The first-order valence-electron chi connectivity index (χ1n) is 12.9. The van der Waals surface area contributed by atoms with Crippen LogP contribution in [-0.2, 0) is 20.8 Å². The SMILES string of the molecule is C=C1CCC(N2Cc3cc(O[C@H]4CCCC[C@H]4NCC4(OC)CCOCC4)ccc3C2=O)C(=O)N1. The number of nitrogens with one attached hydrogen (secondary N) is 2. The highest BCUT2D eigenvalue weighted by Gasteiger charge is 2.39. The Morgan fingerprint density at radius 2 is 2.00 bits per heavy atom. The largest absolute Gasteiger partial charge is 0.489 e. The van der Waals surface area contributed by atoms with Crippen LogP contribution in [0.1, 0.15) is 67.3 Å². The quantitative estimate of drug-likeness (QED) is 0.620. The molecule has 5 rings (SSSR count). The highest BCUT2D eigenvalue weighted by atomic mass is 16.5. The zero-order chi connectivity index (χ0) is 24.4. The number of ether oxygens (including phenoxy) is 3. The molecule has 3 atom stereocenters. The van der Waals surface area contributed by atoms with Crippen molar-refractivity contribution in [2.24, 2.45) is 0 Å². The summed E-state index contributed by atoms with van der Waals surface area (Å²) in [5.74, 6) is 0.553. The molecule has 35 heavy (non-hydrogen) atoms. The molecule has 1 aromatic rings. The number of piperidine rings is 1. The van der Waals surface area contributed by atoms with Crippen molar-refractivity contribution in [1.82, 2.24) is 15.5 Å². The van der Waals surface area contributed by atoms with Crippen LogP contribution in [0.15, 0.2) is 30.5 Å². The zero-order valence-corrected chi connectivity index (χ0v) is 20.6. The lowest BCUT2D eigenvalue weighted by Crippen LogP contribution is -2.53. The van der Waals surface area contributed by atoms with Gasteiger partial charge in [0.2, 0.25) is 5.91 Å². The average molecular weight is 484 g/mol. The van der Waals surface area contributed by atoms with E-state index in [-0.39, 0.29) is 29.6 Å². The second-order valence-corrected chi connectivity index (χ2v) is 10.3. The third-order valence-electron chi connectivity index (χ3n) is 8.12. The fraction of sp³-hybridized carbons (Fsp3) is 0.630. The molecule has 3 fully saturated rings. The minimum Gasteiger partial charge on any atom is -0.489 e. The van der Waals surface area contributed by atoms with E-state index in [0.29, 0.717) is 24.9 Å². The third-order valence-corrected chi connectivity index (χ3v) is 8.12. The van der Waals surface area contributed by atoms with Crippen molar-refractivity contribution >= 4 is 11.8 Å². The van der Waals surface area contributed by atoms with Crippen LogP contribution in [0.5, 0.6) is 5.75 Å². The van der Waals surface area contributed by atoms with E-state index in [4.69, 9.17) is 14.2 Å². The number of hydrogen-bond donors (Lipinski definition) is 2. The minimum absolute atomic E-state index is 0.0684. The number of hydrogen-bond acceptors (Lipinski definition) is 6. The van der Waals surface area contributed by atoms with Gasteiger partial charge in [-0.25, -0.2) is 0 Å². The summed E-state index contributed by atoms with van der Waals surface area (Å²) in [6, 6.07) is 5.52. The van der Waals surface area contributed by atoms with Gasteiger partial charge in [-0.1, -0.05) is 13.0 Å². The van der Waals surface area contributed by atoms with E-state index in [1.54, 1.807) is 12.0 Å². The fourth-order valence-corrected chi connectivity index (χ4v) is 5.86. The van der Waals surface area contributed by atoms with Gasteiger partial charge in [-0.05, 0) is 55.9 Å². The zero-order valence-electron chi connectivity index (χ0n) is 20.6. The molecule has 3 heterocycles. The Kier molecular flexibility index (Phi) is 7.14. The van der Waals surface area contributed by atoms with Gasteiger partial charge in [0.25, 0.3) is 5.91 Å². The molecule has 0 spiro atoms. The van der Waals surface area contributed by atoms with E-state index >= 15 is 0 Å². The molecule has 0 aromatic heterocycles. The van der Waals surface area contributed by atoms with Crippen LogP contribution in [-0.4, -0.2) is 67.4 Å². The van der Waals surface area contributed by atoms with E-state index in [1.165, 1.54) is 6.42 Å². The van der Waals surface area contributed by atoms with Gasteiger partial charge in [-0.3, -0.25) is 9.59 Å². The van der Waals surface area contributed by atoms with Crippen molar-refractivity contribution in [3.8, 4) is 5.75 Å². The second kappa shape index (κ2) is 10.3. The van der Waals surface area contributed by atoms with Crippen LogP contribution in [0.3, 0.4) is 0 Å². The van der Waals surface area contributed by atoms with Crippen molar-refractivity contribution < 1.29 is 23.8 Å². The number of carbonyl (C=O) groups excluding carboxylic acids is 2. The molecule has 1 aliphatic carbocycles. The number of amides is 2. The maximum Gasteiger partial charge on any atom is 0.255 e. The van der Waals surface area contributed by atoms with E-state index < -0.39 is 6.04 Å². The van der Waals surface area contributed by atoms with Crippen molar-refractivity contribution in [2.75, 3.05) is 26.9 Å². The Bertz CT molecular complexity index is 974. The maximum atomic E-state index is 13.0. The fourth-order valence-electron chi connectivity index (χ4n) is 5.86. The summed E-state index contributed by atoms with van der Waals surface area (Å²) in [5.41, 5.74) is 2.13. The normalized spacial score (nSPS) is 28.5. The number of nitrogens with zero attached hydrogens (tertiary/aromatic N) is 1. The van der Waals surface area contributed by atoms with Crippen LogP contribution in [0.4, 0.5) is 0 Å². The highest BCUT2D eigenvalue weighted by Crippen LogP contribution is 2.33. The number of benzene rings is 1. The molecule has 1 unspecified atom stereocenters. The molecule has 2 N–H and O–H groups in total. The molecule has 2 amide bonds. The summed E-state index contributed by atoms with van der Waals surface area (Å²) in [6.45, 7) is 6.54. The Morgan fingerprint density at radius 3 is 2.77 bits per heavy atom. The summed E-state index contributed by atoms with van der Waals surface area (Å²) in [5, 5.41) is 6.54. The maximum absolute atomic E-state index is 13.0. The Balaban J connectivity index is 1.24. The molecule has 4 aliphatic rings. The highest BCUT2D eigenvalue weighted by molar-refractivity contribution is 6.01. The lowest BCUT2D eigenvalue weighted by molar-refractivity contribution is -0.126. The third kappa shape index (κ3) is 5.10. The molecular formula is C27H37N3O5. The summed E-state index contributed by atoms with van der Waals surface area (Å²) in [6.07, 6.45) is 7.56. The van der Waals surface area contributed by atoms with Gasteiger partial charge in [0, 0.05) is 63.6 Å². The Morgan fingerprint density at radius 1 is 1.20 bits per heavy atom. The van der Waals surface area contributed by atoms with Crippen molar-refractivity contribution in [3.05, 3.63) is 41.6 Å². The number of rotatable bonds is 7. The summed E-state index contributed by atoms with van der Waals surface area (Å²) >= 11 is 0. The number of carbonyl (C=O) groups is 2. The first-order valence-corrected chi connectivity index (χ1v) is 12.9. The van der Waals surface area contributed by atoms with Crippen LogP contribution >= 0.6 is 0 Å². The van der Waals surface area contributed by atoms with Crippen molar-refractivity contribution in [2.45, 2.75) is 81.7 Å². The van der Waals surface area contributed by atoms with E-state index in [1.807, 2.05) is 18.2 Å². The molecule has 190 valence electrons. The monoisotopic (exact) mass is 483 g/mol. The lowest BCUT2D eigenvalue weighted by Gasteiger charge is -2.39. The lowest BCUT2D eigenvalue weighted by atomic mass is 9.89. The van der Waals surface area contributed by atoms with Gasteiger partial charge in [0.05, 0.1) is 5.60 Å². The molecule has 8 heteroatoms. The predicted molar refractivity (Wildman–Crippen MR) is 131 cm³/mol. The molecule has 1 aromatic carbocycles. The van der Waals surface area contributed by atoms with Gasteiger partial charge in [0.15, 0.2) is 0 Å². The van der Waals surface area contributed by atoms with Gasteiger partial charge >= 0.3 is 0 Å². The van der Waals surface area contributed by atoms with Crippen LogP contribution in [0, 0.1) is 0 Å². The smallest absolute Gasteiger partial charge is 0.255 e. The van der Waals surface area contributed by atoms with Crippen molar-refractivity contribution in [1.29, 1.82) is 0 Å². The predicted octanol–water partition coefficient (Wildman–Crippen LogP) is 2.91. The van der Waals surface area contributed by atoms with Gasteiger partial charge < -0.3 is 29.7 Å². The summed E-state index contributed by atoms with van der Waals surface area (Å²) < 4.78 is 17.9. The molecule has 2 saturated heterocycles. The molecule has 0 radical (unpaired) electrons. The molecule has 8 nitrogen and oxygen atoms in total. The summed E-state index contributed by atoms with van der Waals surface area (Å²) in [4.78, 5) is 27.2. The van der Waals surface area contributed by atoms with Gasteiger partial charge in [-0.2, -0.15) is 0 Å². The minimum atomic E-state index is -0.449. The average Bonchev–Trinajstić information content (AvgIpc) is 3.19. The standard InChI is InChI=1S/C27H37N3O5/c1-18-7-10-23(25(31)29-18)30-16-19-15-20(8-9-21(19)26(30)32)35-24-6-4-3-5-22(24)28-17-27(33-2)11-13-34-14-12-27/h8-9,15,22-24,28H,1,3-7,10-14,16-17H2,2H3,(H,29,31)/t22-,23?,24+/m1/s1. The van der Waals surface area contributed by atoms with Gasteiger partial charge in [-0.15, -0.1) is 0 Å². The van der Waals surface area contributed by atoms with E-state index in [9.17, 15) is 9.59 Å². The number of fused-ring (bicyclic) bond motifs is 1. The van der Waals surface area contributed by atoms with E-state index in [2.05, 4.69) is 17.2 Å². The number of allylic oxidation sites excluding steroid dienone is 1.